The molecule has 4 heteroatoms. The Balaban J connectivity index is 2.47. The van der Waals surface area contributed by atoms with Crippen LogP contribution in [0.15, 0.2) is 35.3 Å². The molecule has 0 heterocycles. The van der Waals surface area contributed by atoms with Gasteiger partial charge in [-0.3, -0.25) is 4.99 Å². The molecular weight excluding hydrogens is 286 g/mol. The first-order valence-corrected chi connectivity index (χ1v) is 8.67. The van der Waals surface area contributed by atoms with Gasteiger partial charge in [-0.2, -0.15) is 0 Å². The molecule has 0 spiro atoms. The van der Waals surface area contributed by atoms with Crippen molar-refractivity contribution >= 4 is 5.96 Å². The molecule has 2 N–H and O–H groups in total. The Morgan fingerprint density at radius 1 is 1.09 bits per heavy atom. The van der Waals surface area contributed by atoms with E-state index in [0.29, 0.717) is 0 Å². The molecule has 0 unspecified atom stereocenters. The number of nitrogens with zero attached hydrogens (tertiary/aromatic N) is 1. The summed E-state index contributed by atoms with van der Waals surface area (Å²) in [6.45, 7) is 10.00. The van der Waals surface area contributed by atoms with Gasteiger partial charge in [-0.1, -0.05) is 44.2 Å². The molecule has 1 rings (SSSR count). The van der Waals surface area contributed by atoms with Gasteiger partial charge in [0.1, 0.15) is 0 Å². The topological polar surface area (TPSA) is 45.7 Å². The first-order valence-electron chi connectivity index (χ1n) is 8.67. The molecule has 0 aromatic heterocycles. The van der Waals surface area contributed by atoms with E-state index in [1.54, 1.807) is 7.11 Å². The van der Waals surface area contributed by atoms with Crippen molar-refractivity contribution in [3.8, 4) is 0 Å². The standard InChI is InChI=1S/C19H33N3O/c1-5-20-18(21-14-10-7-11-15-23-4)22-16-19(2,3)17-12-8-6-9-13-17/h6,8-9,12-13H,5,7,10-11,14-16H2,1-4H3,(H2,20,21,22). The first-order chi connectivity index (χ1) is 11.1. The maximum Gasteiger partial charge on any atom is 0.191 e. The van der Waals surface area contributed by atoms with E-state index in [4.69, 9.17) is 9.73 Å². The fourth-order valence-electron chi connectivity index (χ4n) is 2.35. The van der Waals surface area contributed by atoms with Crippen LogP contribution in [-0.2, 0) is 10.2 Å². The molecule has 0 saturated heterocycles. The van der Waals surface area contributed by atoms with E-state index in [0.717, 1.165) is 45.0 Å². The lowest BCUT2D eigenvalue weighted by Gasteiger charge is -2.24. The Morgan fingerprint density at radius 3 is 2.48 bits per heavy atom. The van der Waals surface area contributed by atoms with E-state index in [1.165, 1.54) is 12.0 Å². The molecule has 0 aliphatic carbocycles. The minimum absolute atomic E-state index is 0.0298. The van der Waals surface area contributed by atoms with Gasteiger partial charge in [-0.25, -0.2) is 0 Å². The van der Waals surface area contributed by atoms with Crippen LogP contribution in [-0.4, -0.2) is 39.3 Å². The smallest absolute Gasteiger partial charge is 0.191 e. The zero-order valence-electron chi connectivity index (χ0n) is 15.2. The highest BCUT2D eigenvalue weighted by Crippen LogP contribution is 2.22. The summed E-state index contributed by atoms with van der Waals surface area (Å²) >= 11 is 0. The van der Waals surface area contributed by atoms with E-state index in [9.17, 15) is 0 Å². The Kier molecular flexibility index (Phi) is 9.37. The van der Waals surface area contributed by atoms with Gasteiger partial charge in [0.15, 0.2) is 5.96 Å². The Hall–Kier alpha value is -1.55. The van der Waals surface area contributed by atoms with Crippen LogP contribution >= 0.6 is 0 Å². The lowest BCUT2D eigenvalue weighted by molar-refractivity contribution is 0.192. The molecule has 130 valence electrons. The van der Waals surface area contributed by atoms with E-state index in [1.807, 2.05) is 0 Å². The molecule has 0 fully saturated rings. The number of hydrogen-bond donors (Lipinski definition) is 2. The fourth-order valence-corrected chi connectivity index (χ4v) is 2.35. The van der Waals surface area contributed by atoms with Crippen LogP contribution in [0.1, 0.15) is 45.6 Å². The molecule has 0 bridgehead atoms. The number of benzene rings is 1. The number of hydrogen-bond acceptors (Lipinski definition) is 2. The molecule has 1 aromatic carbocycles. The van der Waals surface area contributed by atoms with Gasteiger partial charge >= 0.3 is 0 Å². The van der Waals surface area contributed by atoms with Gasteiger partial charge in [0.2, 0.25) is 0 Å². The SMILES string of the molecule is CCNC(=NCC(C)(C)c1ccccc1)NCCCCCOC. The molecule has 1 aromatic rings. The van der Waals surface area contributed by atoms with E-state index >= 15 is 0 Å². The lowest BCUT2D eigenvalue weighted by atomic mass is 9.85. The second-order valence-corrected chi connectivity index (χ2v) is 6.43. The summed E-state index contributed by atoms with van der Waals surface area (Å²) in [5.74, 6) is 0.906. The maximum atomic E-state index is 5.07. The van der Waals surface area contributed by atoms with Crippen molar-refractivity contribution in [1.82, 2.24) is 10.6 Å². The van der Waals surface area contributed by atoms with Crippen molar-refractivity contribution in [2.24, 2.45) is 4.99 Å². The van der Waals surface area contributed by atoms with Gasteiger partial charge < -0.3 is 15.4 Å². The Labute approximate surface area is 141 Å². The quantitative estimate of drug-likeness (QED) is 0.395. The third-order valence-electron chi connectivity index (χ3n) is 3.85. The summed E-state index contributed by atoms with van der Waals surface area (Å²) in [5.41, 5.74) is 1.35. The van der Waals surface area contributed by atoms with Gasteiger partial charge in [-0.15, -0.1) is 0 Å². The second kappa shape index (κ2) is 11.1. The average Bonchev–Trinajstić information content (AvgIpc) is 2.56. The predicted molar refractivity (Wildman–Crippen MR) is 99.2 cm³/mol. The van der Waals surface area contributed by atoms with Crippen molar-refractivity contribution in [1.29, 1.82) is 0 Å². The molecule has 0 saturated carbocycles. The average molecular weight is 319 g/mol. The summed E-state index contributed by atoms with van der Waals surface area (Å²) in [6, 6.07) is 10.6. The van der Waals surface area contributed by atoms with Crippen LogP contribution in [0.25, 0.3) is 0 Å². The summed E-state index contributed by atoms with van der Waals surface area (Å²) in [7, 11) is 1.75. The minimum Gasteiger partial charge on any atom is -0.385 e. The summed E-state index contributed by atoms with van der Waals surface area (Å²) in [5, 5.41) is 6.74. The molecule has 0 amide bonds. The largest absolute Gasteiger partial charge is 0.385 e. The van der Waals surface area contributed by atoms with Crippen LogP contribution < -0.4 is 10.6 Å². The van der Waals surface area contributed by atoms with Gasteiger partial charge in [0, 0.05) is 32.2 Å². The Bertz CT molecular complexity index is 443. The molecule has 0 radical (unpaired) electrons. The molecule has 23 heavy (non-hydrogen) atoms. The van der Waals surface area contributed by atoms with E-state index < -0.39 is 0 Å². The van der Waals surface area contributed by atoms with Gasteiger partial charge in [0.25, 0.3) is 0 Å². The van der Waals surface area contributed by atoms with E-state index in [2.05, 4.69) is 61.7 Å². The molecule has 0 atom stereocenters. The maximum absolute atomic E-state index is 5.07. The molecule has 0 aliphatic rings. The number of rotatable bonds is 10. The number of methoxy groups -OCH3 is 1. The molecular formula is C19H33N3O. The van der Waals surface area contributed by atoms with Crippen molar-refractivity contribution in [3.63, 3.8) is 0 Å². The number of nitrogens with one attached hydrogen (secondary N) is 2. The van der Waals surface area contributed by atoms with Gasteiger partial charge in [0.05, 0.1) is 6.54 Å². The van der Waals surface area contributed by atoms with Crippen LogP contribution in [0.5, 0.6) is 0 Å². The van der Waals surface area contributed by atoms with Crippen LogP contribution in [0.2, 0.25) is 0 Å². The highest BCUT2D eigenvalue weighted by molar-refractivity contribution is 5.79. The van der Waals surface area contributed by atoms with Crippen molar-refractivity contribution in [2.45, 2.75) is 45.4 Å². The summed E-state index contributed by atoms with van der Waals surface area (Å²) in [4.78, 5) is 4.77. The zero-order chi connectivity index (χ0) is 17.0. The third kappa shape index (κ3) is 8.03. The number of aliphatic imine (C=N–C) groups is 1. The summed E-state index contributed by atoms with van der Waals surface area (Å²) < 4.78 is 5.07. The highest BCUT2D eigenvalue weighted by atomic mass is 16.5. The van der Waals surface area contributed by atoms with Crippen LogP contribution in [0.3, 0.4) is 0 Å². The molecule has 4 nitrogen and oxygen atoms in total. The lowest BCUT2D eigenvalue weighted by Crippen LogP contribution is -2.39. The van der Waals surface area contributed by atoms with Crippen LogP contribution in [0, 0.1) is 0 Å². The molecule has 0 aliphatic heterocycles. The zero-order valence-corrected chi connectivity index (χ0v) is 15.2. The minimum atomic E-state index is 0.0298. The first kappa shape index (κ1) is 19.5. The highest BCUT2D eigenvalue weighted by Gasteiger charge is 2.19. The second-order valence-electron chi connectivity index (χ2n) is 6.43. The van der Waals surface area contributed by atoms with Gasteiger partial charge in [-0.05, 0) is 31.7 Å². The summed E-state index contributed by atoms with van der Waals surface area (Å²) in [6.07, 6.45) is 3.43. The van der Waals surface area contributed by atoms with E-state index in [-0.39, 0.29) is 5.41 Å². The fraction of sp³-hybridized carbons (Fsp3) is 0.632. The van der Waals surface area contributed by atoms with Crippen molar-refractivity contribution in [3.05, 3.63) is 35.9 Å². The third-order valence-corrected chi connectivity index (χ3v) is 3.85. The monoisotopic (exact) mass is 319 g/mol. The van der Waals surface area contributed by atoms with Crippen molar-refractivity contribution < 1.29 is 4.74 Å². The number of ether oxygens (including phenoxy) is 1. The predicted octanol–water partition coefficient (Wildman–Crippen LogP) is 3.34. The number of guanidine groups is 1. The number of unbranched alkanes of at least 4 members (excludes halogenated alkanes) is 2. The Morgan fingerprint density at radius 2 is 1.83 bits per heavy atom. The van der Waals surface area contributed by atoms with Crippen LogP contribution in [0.4, 0.5) is 0 Å². The normalized spacial score (nSPS) is 12.3. The van der Waals surface area contributed by atoms with Crippen molar-refractivity contribution in [2.75, 3.05) is 33.4 Å².